The van der Waals surface area contributed by atoms with Crippen LogP contribution in [0.1, 0.15) is 55.4 Å². The third-order valence-electron chi connectivity index (χ3n) is 7.80. The summed E-state index contributed by atoms with van der Waals surface area (Å²) >= 11 is 0. The minimum absolute atomic E-state index is 0.171. The largest absolute Gasteiger partial charge is 0.485 e. The van der Waals surface area contributed by atoms with Gasteiger partial charge in [-0.1, -0.05) is 85.8 Å². The molecule has 7 nitrogen and oxygen atoms in total. The van der Waals surface area contributed by atoms with Crippen molar-refractivity contribution < 1.29 is 19.1 Å². The average Bonchev–Trinajstić information content (AvgIpc) is 3.03. The molecular weight excluding hydrogens is 514 g/mol. The highest BCUT2D eigenvalue weighted by atomic mass is 16.5. The van der Waals surface area contributed by atoms with Crippen LogP contribution in [0.3, 0.4) is 0 Å². The molecule has 3 aromatic carbocycles. The van der Waals surface area contributed by atoms with E-state index in [4.69, 9.17) is 9.47 Å². The maximum atomic E-state index is 13.2. The molecule has 0 saturated carbocycles. The summed E-state index contributed by atoms with van der Waals surface area (Å²) in [5.41, 5.74) is 3.38. The molecule has 3 aromatic rings. The summed E-state index contributed by atoms with van der Waals surface area (Å²) in [6.45, 7) is 5.89. The van der Waals surface area contributed by atoms with Crippen molar-refractivity contribution in [3.63, 3.8) is 0 Å². The van der Waals surface area contributed by atoms with Gasteiger partial charge in [-0.3, -0.25) is 4.79 Å². The maximum Gasteiger partial charge on any atom is 0.406 e. The van der Waals surface area contributed by atoms with Gasteiger partial charge >= 0.3 is 6.09 Å². The van der Waals surface area contributed by atoms with Gasteiger partial charge < -0.3 is 24.6 Å². The van der Waals surface area contributed by atoms with Crippen molar-refractivity contribution in [1.82, 2.24) is 15.1 Å². The molecule has 7 heteroatoms. The minimum Gasteiger partial charge on any atom is -0.485 e. The van der Waals surface area contributed by atoms with E-state index in [0.29, 0.717) is 25.9 Å². The van der Waals surface area contributed by atoms with Crippen molar-refractivity contribution in [2.45, 2.75) is 57.7 Å². The van der Waals surface area contributed by atoms with Crippen LogP contribution in [-0.2, 0) is 22.5 Å². The van der Waals surface area contributed by atoms with E-state index in [1.54, 1.807) is 0 Å². The summed E-state index contributed by atoms with van der Waals surface area (Å²) in [6, 6.07) is 28.8. The van der Waals surface area contributed by atoms with Crippen LogP contribution in [0.25, 0.3) is 0 Å². The normalized spacial score (nSPS) is 14.7. The highest BCUT2D eigenvalue weighted by Gasteiger charge is 2.28. The lowest BCUT2D eigenvalue weighted by Crippen LogP contribution is -2.47. The van der Waals surface area contributed by atoms with Gasteiger partial charge in [0, 0.05) is 57.2 Å². The lowest BCUT2D eigenvalue weighted by molar-refractivity contribution is -0.135. The van der Waals surface area contributed by atoms with Crippen LogP contribution in [0.4, 0.5) is 4.79 Å². The van der Waals surface area contributed by atoms with Crippen LogP contribution in [-0.4, -0.2) is 61.1 Å². The van der Waals surface area contributed by atoms with Crippen LogP contribution in [0, 0.1) is 0 Å². The molecule has 2 amide bonds. The number of carbonyl (C=O) groups excluding carboxylic acids is 2. The van der Waals surface area contributed by atoms with E-state index in [9.17, 15) is 9.59 Å². The molecular formula is C34H43N3O4. The van der Waals surface area contributed by atoms with Crippen molar-refractivity contribution in [2.24, 2.45) is 0 Å². The molecule has 1 heterocycles. The smallest absolute Gasteiger partial charge is 0.406 e. The molecule has 1 aliphatic heterocycles. The van der Waals surface area contributed by atoms with Crippen LogP contribution >= 0.6 is 0 Å². The Balaban J connectivity index is 1.42. The van der Waals surface area contributed by atoms with Crippen molar-refractivity contribution in [3.8, 4) is 5.75 Å². The first-order valence-electron chi connectivity index (χ1n) is 14.7. The van der Waals surface area contributed by atoms with E-state index in [1.165, 1.54) is 12.7 Å². The molecule has 0 bridgehead atoms. The predicted octanol–water partition coefficient (Wildman–Crippen LogP) is 6.00. The van der Waals surface area contributed by atoms with E-state index < -0.39 is 6.09 Å². The molecule has 1 atom stereocenters. The number of rotatable bonds is 13. The van der Waals surface area contributed by atoms with Crippen LogP contribution in [0.5, 0.6) is 5.75 Å². The monoisotopic (exact) mass is 557 g/mol. The number of alkyl carbamates (subject to hydrolysis) is 1. The first-order chi connectivity index (χ1) is 20.1. The zero-order chi connectivity index (χ0) is 28.9. The number of benzene rings is 3. The number of likely N-dealkylation sites (tertiary alicyclic amines) is 1. The van der Waals surface area contributed by atoms with Gasteiger partial charge in [0.05, 0.1) is 7.11 Å². The van der Waals surface area contributed by atoms with Crippen molar-refractivity contribution in [2.75, 3.05) is 33.3 Å². The topological polar surface area (TPSA) is 71.1 Å². The number of nitrogens with zero attached hydrogens (tertiary/aromatic N) is 2. The molecule has 1 N–H and O–H groups in total. The highest BCUT2D eigenvalue weighted by Crippen LogP contribution is 2.30. The maximum absolute atomic E-state index is 13.2. The second-order valence-electron chi connectivity index (χ2n) is 10.5. The predicted molar refractivity (Wildman–Crippen MR) is 162 cm³/mol. The van der Waals surface area contributed by atoms with Gasteiger partial charge in [0.2, 0.25) is 5.91 Å². The number of hydrogen-bond acceptors (Lipinski definition) is 5. The van der Waals surface area contributed by atoms with Gasteiger partial charge in [0.25, 0.3) is 0 Å². The lowest BCUT2D eigenvalue weighted by atomic mass is 10.0. The van der Waals surface area contributed by atoms with Crippen LogP contribution < -0.4 is 10.1 Å². The molecule has 0 radical (unpaired) electrons. The SMILES string of the molecule is CCC(=O)N(Cc1ccccc1OC(CCNC(=O)OC)c1ccccc1)C1CCN(CCc2ccccc2)CC1. The summed E-state index contributed by atoms with van der Waals surface area (Å²) < 4.78 is 11.3. The first kappa shape index (κ1) is 30.1. The van der Waals surface area contributed by atoms with Crippen LogP contribution in [0.15, 0.2) is 84.9 Å². The quantitative estimate of drug-likeness (QED) is 0.279. The third kappa shape index (κ3) is 9.08. The Morgan fingerprint density at radius 1 is 0.951 bits per heavy atom. The zero-order valence-corrected chi connectivity index (χ0v) is 24.3. The van der Waals surface area contributed by atoms with E-state index >= 15 is 0 Å². The molecule has 1 unspecified atom stereocenters. The number of methoxy groups -OCH3 is 1. The number of amides is 2. The molecule has 1 saturated heterocycles. The lowest BCUT2D eigenvalue weighted by Gasteiger charge is -2.39. The fourth-order valence-electron chi connectivity index (χ4n) is 5.44. The van der Waals surface area contributed by atoms with Gasteiger partial charge in [-0.25, -0.2) is 4.79 Å². The number of carbonyl (C=O) groups is 2. The standard InChI is InChI=1S/C34H43N3O4/c1-3-33(38)37(30-20-24-36(25-21-30)23-19-27-12-6-4-7-13-27)26-29-16-10-11-17-31(29)41-32(18-22-35-34(39)40-2)28-14-8-5-9-15-28/h4-17,30,32H,3,18-26H2,1-2H3,(H,35,39). The average molecular weight is 558 g/mol. The van der Waals surface area contributed by atoms with Crippen molar-refractivity contribution in [3.05, 3.63) is 102 Å². The Bertz CT molecular complexity index is 1210. The van der Waals surface area contributed by atoms with Crippen molar-refractivity contribution >= 4 is 12.0 Å². The number of ether oxygens (including phenoxy) is 2. The van der Waals surface area contributed by atoms with Gasteiger partial charge in [-0.05, 0) is 36.5 Å². The molecule has 0 spiro atoms. The van der Waals surface area contributed by atoms with Gasteiger partial charge in [0.1, 0.15) is 11.9 Å². The number of nitrogens with one attached hydrogen (secondary N) is 1. The molecule has 4 rings (SSSR count). The zero-order valence-electron chi connectivity index (χ0n) is 24.3. The summed E-state index contributed by atoms with van der Waals surface area (Å²) in [7, 11) is 1.36. The van der Waals surface area contributed by atoms with Gasteiger partial charge in [0.15, 0.2) is 0 Å². The van der Waals surface area contributed by atoms with Crippen LogP contribution in [0.2, 0.25) is 0 Å². The summed E-state index contributed by atoms with van der Waals surface area (Å²) in [4.78, 5) is 29.4. The number of para-hydroxylation sites is 1. The molecule has 41 heavy (non-hydrogen) atoms. The Kier molecular flexibility index (Phi) is 11.6. The second kappa shape index (κ2) is 15.8. The van der Waals surface area contributed by atoms with Crippen molar-refractivity contribution in [1.29, 1.82) is 0 Å². The Morgan fingerprint density at radius 3 is 2.29 bits per heavy atom. The molecule has 0 aliphatic carbocycles. The minimum atomic E-state index is -0.461. The Hall–Kier alpha value is -3.84. The van der Waals surface area contributed by atoms with E-state index in [2.05, 4.69) is 51.5 Å². The molecule has 218 valence electrons. The molecule has 0 aromatic heterocycles. The number of piperidine rings is 1. The van der Waals surface area contributed by atoms with Gasteiger partial charge in [-0.2, -0.15) is 0 Å². The summed E-state index contributed by atoms with van der Waals surface area (Å²) in [6.07, 6.45) is 3.31. The van der Waals surface area contributed by atoms with E-state index in [0.717, 1.165) is 55.8 Å². The molecule has 1 fully saturated rings. The summed E-state index contributed by atoms with van der Waals surface area (Å²) in [5, 5.41) is 2.75. The Labute approximate surface area is 244 Å². The van der Waals surface area contributed by atoms with Gasteiger partial charge in [-0.15, -0.1) is 0 Å². The third-order valence-corrected chi connectivity index (χ3v) is 7.80. The fraction of sp³-hybridized carbons (Fsp3) is 0.412. The highest BCUT2D eigenvalue weighted by molar-refractivity contribution is 5.76. The first-order valence-corrected chi connectivity index (χ1v) is 14.7. The summed E-state index contributed by atoms with van der Waals surface area (Å²) in [5.74, 6) is 0.929. The molecule has 1 aliphatic rings. The van der Waals surface area contributed by atoms with E-state index in [-0.39, 0.29) is 18.1 Å². The number of hydrogen-bond donors (Lipinski definition) is 1. The fourth-order valence-corrected chi connectivity index (χ4v) is 5.44. The Morgan fingerprint density at radius 2 is 1.61 bits per heavy atom. The second-order valence-corrected chi connectivity index (χ2v) is 10.5. The van der Waals surface area contributed by atoms with E-state index in [1.807, 2.05) is 55.5 Å².